The molecule has 0 aliphatic carbocycles. The Morgan fingerprint density at radius 1 is 0.889 bits per heavy atom. The molecule has 196 valence electrons. The van der Waals surface area contributed by atoms with Crippen molar-refractivity contribution >= 4 is 35.5 Å². The number of hydrogen-bond acceptors (Lipinski definition) is 8. The number of aromatic hydroxyl groups is 1. The molecule has 0 saturated carbocycles. The van der Waals surface area contributed by atoms with Gasteiger partial charge in [-0.1, -0.05) is 12.1 Å². The van der Waals surface area contributed by atoms with E-state index in [9.17, 15) is 39.0 Å². The molecule has 0 radical (unpaired) electrons. The number of carboxylic acids is 1. The van der Waals surface area contributed by atoms with Crippen LogP contribution in [0.4, 0.5) is 0 Å². The van der Waals surface area contributed by atoms with E-state index in [0.29, 0.717) is 18.5 Å². The van der Waals surface area contributed by atoms with Crippen molar-refractivity contribution in [3.8, 4) is 5.75 Å². The van der Waals surface area contributed by atoms with Crippen LogP contribution >= 0.6 is 0 Å². The largest absolute Gasteiger partial charge is 0.508 e. The maximum Gasteiger partial charge on any atom is 0.326 e. The summed E-state index contributed by atoms with van der Waals surface area (Å²) in [6.45, 7) is 0.643. The van der Waals surface area contributed by atoms with Crippen LogP contribution in [0.15, 0.2) is 24.3 Å². The quantitative estimate of drug-likeness (QED) is 0.135. The number of rotatable bonds is 13. The Morgan fingerprint density at radius 2 is 1.44 bits per heavy atom. The second-order valence-corrected chi connectivity index (χ2v) is 8.38. The van der Waals surface area contributed by atoms with Crippen molar-refractivity contribution in [1.29, 1.82) is 0 Å². The van der Waals surface area contributed by atoms with E-state index in [1.54, 1.807) is 12.1 Å². The second-order valence-electron chi connectivity index (χ2n) is 8.38. The first-order chi connectivity index (χ1) is 17.0. The molecule has 2 rings (SSSR count). The Hall–Kier alpha value is -4.20. The van der Waals surface area contributed by atoms with Crippen LogP contribution in [0.25, 0.3) is 0 Å². The van der Waals surface area contributed by atoms with Gasteiger partial charge in [0.05, 0.1) is 18.9 Å². The van der Waals surface area contributed by atoms with Gasteiger partial charge in [0.25, 0.3) is 0 Å². The molecule has 36 heavy (non-hydrogen) atoms. The summed E-state index contributed by atoms with van der Waals surface area (Å²) in [6.07, 6.45) is -0.0575. The maximum absolute atomic E-state index is 13.1. The van der Waals surface area contributed by atoms with Crippen molar-refractivity contribution in [3.63, 3.8) is 0 Å². The van der Waals surface area contributed by atoms with Crippen LogP contribution < -0.4 is 32.7 Å². The number of hydrogen-bond donors (Lipinski definition) is 8. The molecule has 4 atom stereocenters. The standard InChI is InChI=1S/C22H30N6O8/c23-17(30)9-15(21(34)28-16(22(35)36)10-18(24)31)27-20(33)14(8-11-3-5-12(29)6-4-11)26-19(32)13-2-1-7-25-13/h3-6,13-16,25,29H,1-2,7-10H2,(H2,23,30)(H2,24,31)(H,26,32)(H,27,33)(H,28,34)(H,35,36). The van der Waals surface area contributed by atoms with Crippen LogP contribution in [0.1, 0.15) is 31.2 Å². The Bertz CT molecular complexity index is 993. The molecule has 1 saturated heterocycles. The normalized spacial score (nSPS) is 17.3. The van der Waals surface area contributed by atoms with E-state index in [0.717, 1.165) is 6.42 Å². The van der Waals surface area contributed by atoms with E-state index in [4.69, 9.17) is 11.5 Å². The average Bonchev–Trinajstić information content (AvgIpc) is 3.33. The van der Waals surface area contributed by atoms with Crippen LogP contribution in [-0.4, -0.2) is 76.4 Å². The van der Waals surface area contributed by atoms with E-state index in [-0.39, 0.29) is 12.2 Å². The number of carbonyl (C=O) groups is 6. The fourth-order valence-electron chi connectivity index (χ4n) is 3.61. The smallest absolute Gasteiger partial charge is 0.326 e. The maximum atomic E-state index is 13.1. The number of aliphatic carboxylic acids is 1. The van der Waals surface area contributed by atoms with Gasteiger partial charge in [-0.25, -0.2) is 4.79 Å². The minimum atomic E-state index is -1.69. The predicted octanol–water partition coefficient (Wildman–Crippen LogP) is -3.02. The predicted molar refractivity (Wildman–Crippen MR) is 124 cm³/mol. The molecule has 0 bridgehead atoms. The van der Waals surface area contributed by atoms with Crippen LogP contribution in [0, 0.1) is 0 Å². The number of carboxylic acid groups (broad SMARTS) is 1. The molecule has 1 aromatic rings. The number of nitrogens with two attached hydrogens (primary N) is 2. The zero-order chi connectivity index (χ0) is 26.8. The SMILES string of the molecule is NC(=O)CC(NC(=O)C(CC(N)=O)NC(=O)C(Cc1ccc(O)cc1)NC(=O)C1CCCN1)C(=O)O. The summed E-state index contributed by atoms with van der Waals surface area (Å²) in [4.78, 5) is 72.5. The fourth-order valence-corrected chi connectivity index (χ4v) is 3.61. The number of carbonyl (C=O) groups excluding carboxylic acids is 5. The molecule has 10 N–H and O–H groups in total. The summed E-state index contributed by atoms with van der Waals surface area (Å²) < 4.78 is 0. The highest BCUT2D eigenvalue weighted by atomic mass is 16.4. The number of phenols is 1. The molecule has 0 spiro atoms. The summed E-state index contributed by atoms with van der Waals surface area (Å²) in [5.41, 5.74) is 10.8. The molecule has 1 aromatic carbocycles. The van der Waals surface area contributed by atoms with Crippen molar-refractivity contribution in [2.75, 3.05) is 6.54 Å². The van der Waals surface area contributed by atoms with Gasteiger partial charge in [-0.15, -0.1) is 0 Å². The van der Waals surface area contributed by atoms with Gasteiger partial charge in [0.1, 0.15) is 23.9 Å². The second kappa shape index (κ2) is 13.0. The van der Waals surface area contributed by atoms with Crippen molar-refractivity contribution < 1.29 is 39.0 Å². The third kappa shape index (κ3) is 8.87. The summed E-state index contributed by atoms with van der Waals surface area (Å²) in [7, 11) is 0. The van der Waals surface area contributed by atoms with Crippen LogP contribution in [-0.2, 0) is 35.2 Å². The van der Waals surface area contributed by atoms with Gasteiger partial charge in [0, 0.05) is 6.42 Å². The van der Waals surface area contributed by atoms with E-state index < -0.39 is 72.5 Å². The number of benzene rings is 1. The van der Waals surface area contributed by atoms with Gasteiger partial charge >= 0.3 is 5.97 Å². The highest BCUT2D eigenvalue weighted by Crippen LogP contribution is 2.13. The van der Waals surface area contributed by atoms with Crippen molar-refractivity contribution in [2.45, 2.75) is 56.3 Å². The summed E-state index contributed by atoms with van der Waals surface area (Å²) in [6, 6.07) is 0.923. The van der Waals surface area contributed by atoms with Crippen molar-refractivity contribution in [2.24, 2.45) is 11.5 Å². The van der Waals surface area contributed by atoms with Gasteiger partial charge in [0.15, 0.2) is 0 Å². The Labute approximate surface area is 206 Å². The van der Waals surface area contributed by atoms with E-state index in [1.165, 1.54) is 12.1 Å². The molecule has 0 aromatic heterocycles. The van der Waals surface area contributed by atoms with E-state index in [2.05, 4.69) is 21.3 Å². The van der Waals surface area contributed by atoms with Gasteiger partial charge in [-0.2, -0.15) is 0 Å². The molecule has 5 amide bonds. The molecule has 1 aliphatic rings. The third-order valence-electron chi connectivity index (χ3n) is 5.44. The highest BCUT2D eigenvalue weighted by molar-refractivity contribution is 5.96. The molecule has 14 nitrogen and oxygen atoms in total. The monoisotopic (exact) mass is 506 g/mol. The average molecular weight is 507 g/mol. The molecular formula is C22H30N6O8. The topological polar surface area (TPSA) is 243 Å². The molecule has 14 heteroatoms. The summed E-state index contributed by atoms with van der Waals surface area (Å²) >= 11 is 0. The lowest BCUT2D eigenvalue weighted by Gasteiger charge is -2.24. The number of primary amides is 2. The zero-order valence-electron chi connectivity index (χ0n) is 19.4. The first-order valence-corrected chi connectivity index (χ1v) is 11.2. The molecule has 1 aliphatic heterocycles. The Kier molecular flexibility index (Phi) is 10.2. The van der Waals surface area contributed by atoms with Crippen LogP contribution in [0.2, 0.25) is 0 Å². The van der Waals surface area contributed by atoms with Gasteiger partial charge in [-0.05, 0) is 37.1 Å². The number of phenolic OH excluding ortho intramolecular Hbond substituents is 1. The Balaban J connectivity index is 2.21. The summed E-state index contributed by atoms with van der Waals surface area (Å²) in [5.74, 6) is -5.86. The summed E-state index contributed by atoms with van der Waals surface area (Å²) in [5, 5.41) is 28.7. The van der Waals surface area contributed by atoms with E-state index >= 15 is 0 Å². The van der Waals surface area contributed by atoms with Gasteiger partial charge in [0.2, 0.25) is 29.5 Å². The molecule has 1 heterocycles. The van der Waals surface area contributed by atoms with Gasteiger partial charge < -0.3 is 42.9 Å². The Morgan fingerprint density at radius 3 is 1.97 bits per heavy atom. The van der Waals surface area contributed by atoms with Crippen LogP contribution in [0.5, 0.6) is 5.75 Å². The van der Waals surface area contributed by atoms with Crippen molar-refractivity contribution in [1.82, 2.24) is 21.3 Å². The molecule has 1 fully saturated rings. The highest BCUT2D eigenvalue weighted by Gasteiger charge is 2.32. The minimum absolute atomic E-state index is 0.00100. The van der Waals surface area contributed by atoms with Crippen molar-refractivity contribution in [3.05, 3.63) is 29.8 Å². The fraction of sp³-hybridized carbons (Fsp3) is 0.455. The lowest BCUT2D eigenvalue weighted by molar-refractivity contribution is -0.144. The lowest BCUT2D eigenvalue weighted by atomic mass is 10.0. The first kappa shape index (κ1) is 28.0. The van der Waals surface area contributed by atoms with Gasteiger partial charge in [-0.3, -0.25) is 24.0 Å². The number of nitrogens with one attached hydrogen (secondary N) is 4. The van der Waals surface area contributed by atoms with Crippen LogP contribution in [0.3, 0.4) is 0 Å². The first-order valence-electron chi connectivity index (χ1n) is 11.2. The lowest BCUT2D eigenvalue weighted by Crippen LogP contribution is -2.58. The molecular weight excluding hydrogens is 476 g/mol. The zero-order valence-corrected chi connectivity index (χ0v) is 19.4. The number of amides is 5. The van der Waals surface area contributed by atoms with E-state index in [1.807, 2.05) is 0 Å². The third-order valence-corrected chi connectivity index (χ3v) is 5.44. The molecule has 4 unspecified atom stereocenters. The minimum Gasteiger partial charge on any atom is -0.508 e.